The lowest BCUT2D eigenvalue weighted by Crippen LogP contribution is -2.33. The summed E-state index contributed by atoms with van der Waals surface area (Å²) in [7, 11) is -3.34. The van der Waals surface area contributed by atoms with Crippen molar-refractivity contribution < 1.29 is 13.2 Å². The lowest BCUT2D eigenvalue weighted by atomic mass is 10.1. The SMILES string of the molecule is CCc1ccc(CC(=O)N2CCCS2(=O)=O)cc1. The average molecular weight is 267 g/mol. The van der Waals surface area contributed by atoms with Crippen LogP contribution >= 0.6 is 0 Å². The first-order valence-electron chi connectivity index (χ1n) is 6.14. The van der Waals surface area contributed by atoms with Crippen molar-refractivity contribution in [2.45, 2.75) is 26.2 Å². The van der Waals surface area contributed by atoms with Crippen molar-refractivity contribution in [2.75, 3.05) is 12.3 Å². The predicted octanol–water partition coefficient (Wildman–Crippen LogP) is 1.35. The summed E-state index contributed by atoms with van der Waals surface area (Å²) in [6, 6.07) is 7.72. The Kier molecular flexibility index (Phi) is 3.71. The molecule has 1 heterocycles. The number of rotatable bonds is 3. The van der Waals surface area contributed by atoms with Crippen molar-refractivity contribution in [3.8, 4) is 0 Å². The Bertz CT molecular complexity index is 534. The summed E-state index contributed by atoms with van der Waals surface area (Å²) < 4.78 is 24.2. The Morgan fingerprint density at radius 2 is 1.83 bits per heavy atom. The molecule has 5 heteroatoms. The maximum atomic E-state index is 11.9. The summed E-state index contributed by atoms with van der Waals surface area (Å²) in [5.41, 5.74) is 2.07. The van der Waals surface area contributed by atoms with Gasteiger partial charge in [0.15, 0.2) is 0 Å². The van der Waals surface area contributed by atoms with Crippen LogP contribution in [-0.4, -0.2) is 30.9 Å². The Hall–Kier alpha value is -1.36. The molecule has 1 aliphatic heterocycles. The summed E-state index contributed by atoms with van der Waals surface area (Å²) in [6.45, 7) is 2.39. The zero-order valence-electron chi connectivity index (χ0n) is 10.4. The molecule has 1 saturated heterocycles. The summed E-state index contributed by atoms with van der Waals surface area (Å²) in [5, 5.41) is 0. The van der Waals surface area contributed by atoms with E-state index in [1.165, 1.54) is 5.56 Å². The van der Waals surface area contributed by atoms with Crippen LogP contribution in [0.5, 0.6) is 0 Å². The van der Waals surface area contributed by atoms with E-state index in [9.17, 15) is 13.2 Å². The van der Waals surface area contributed by atoms with Crippen LogP contribution in [0.15, 0.2) is 24.3 Å². The van der Waals surface area contributed by atoms with Gasteiger partial charge in [-0.3, -0.25) is 4.79 Å². The smallest absolute Gasteiger partial charge is 0.240 e. The molecule has 1 aliphatic rings. The van der Waals surface area contributed by atoms with Gasteiger partial charge in [0.05, 0.1) is 12.2 Å². The maximum absolute atomic E-state index is 11.9. The van der Waals surface area contributed by atoms with E-state index < -0.39 is 10.0 Å². The number of aryl methyl sites for hydroxylation is 1. The number of benzene rings is 1. The van der Waals surface area contributed by atoms with Gasteiger partial charge in [-0.25, -0.2) is 12.7 Å². The second-order valence-electron chi connectivity index (χ2n) is 4.48. The van der Waals surface area contributed by atoms with Crippen LogP contribution < -0.4 is 0 Å². The quantitative estimate of drug-likeness (QED) is 0.830. The van der Waals surface area contributed by atoms with Gasteiger partial charge in [-0.05, 0) is 24.0 Å². The lowest BCUT2D eigenvalue weighted by Gasteiger charge is -2.14. The number of sulfonamides is 1. The third-order valence-corrected chi connectivity index (χ3v) is 5.03. The standard InChI is InChI=1S/C13H17NO3S/c1-2-11-4-6-12(7-5-11)10-13(15)14-8-3-9-18(14,16)17/h4-7H,2-3,8-10H2,1H3. The van der Waals surface area contributed by atoms with Crippen molar-refractivity contribution in [2.24, 2.45) is 0 Å². The first-order chi connectivity index (χ1) is 8.53. The highest BCUT2D eigenvalue weighted by Crippen LogP contribution is 2.16. The average Bonchev–Trinajstić information content (AvgIpc) is 2.70. The van der Waals surface area contributed by atoms with Crippen LogP contribution in [0.3, 0.4) is 0 Å². The molecule has 1 amide bonds. The molecule has 0 bridgehead atoms. The molecule has 1 fully saturated rings. The van der Waals surface area contributed by atoms with Crippen LogP contribution in [0, 0.1) is 0 Å². The van der Waals surface area contributed by atoms with Crippen molar-refractivity contribution in [3.63, 3.8) is 0 Å². The molecule has 18 heavy (non-hydrogen) atoms. The lowest BCUT2D eigenvalue weighted by molar-refractivity contribution is -0.125. The van der Waals surface area contributed by atoms with Gasteiger partial charge in [0.25, 0.3) is 0 Å². The molecule has 1 aromatic rings. The first kappa shape index (κ1) is 13.1. The van der Waals surface area contributed by atoms with Gasteiger partial charge in [0.1, 0.15) is 0 Å². The van der Waals surface area contributed by atoms with E-state index in [-0.39, 0.29) is 18.1 Å². The van der Waals surface area contributed by atoms with Gasteiger partial charge in [-0.1, -0.05) is 31.2 Å². The summed E-state index contributed by atoms with van der Waals surface area (Å²) in [6.07, 6.45) is 1.65. The van der Waals surface area contributed by atoms with Crippen molar-refractivity contribution in [1.29, 1.82) is 0 Å². The van der Waals surface area contributed by atoms with Crippen LogP contribution in [0.1, 0.15) is 24.5 Å². The summed E-state index contributed by atoms with van der Waals surface area (Å²) in [5.74, 6) is -0.232. The van der Waals surface area contributed by atoms with Gasteiger partial charge >= 0.3 is 0 Å². The van der Waals surface area contributed by atoms with E-state index in [1.54, 1.807) is 0 Å². The predicted molar refractivity (Wildman–Crippen MR) is 69.6 cm³/mol. The summed E-state index contributed by atoms with van der Waals surface area (Å²) in [4.78, 5) is 11.9. The molecule has 0 aliphatic carbocycles. The van der Waals surface area contributed by atoms with Gasteiger partial charge < -0.3 is 0 Å². The van der Waals surface area contributed by atoms with Crippen molar-refractivity contribution in [1.82, 2.24) is 4.31 Å². The molecule has 0 unspecified atom stereocenters. The third kappa shape index (κ3) is 2.72. The molecule has 0 saturated carbocycles. The molecule has 0 aromatic heterocycles. The van der Waals surface area contributed by atoms with E-state index >= 15 is 0 Å². The fraction of sp³-hybridized carbons (Fsp3) is 0.462. The molecule has 0 atom stereocenters. The molecular formula is C13H17NO3S. The monoisotopic (exact) mass is 267 g/mol. The van der Waals surface area contributed by atoms with Crippen molar-refractivity contribution in [3.05, 3.63) is 35.4 Å². The molecule has 0 radical (unpaired) electrons. The van der Waals surface area contributed by atoms with Gasteiger partial charge in [0.2, 0.25) is 15.9 Å². The number of nitrogens with zero attached hydrogens (tertiary/aromatic N) is 1. The van der Waals surface area contributed by atoms with Crippen LogP contribution in [0.2, 0.25) is 0 Å². The molecule has 0 spiro atoms. The molecular weight excluding hydrogens is 250 g/mol. The van der Waals surface area contributed by atoms with Gasteiger partial charge in [-0.15, -0.1) is 0 Å². The Labute approximate surface area is 108 Å². The second kappa shape index (κ2) is 5.10. The minimum absolute atomic E-state index is 0.0908. The minimum Gasteiger partial charge on any atom is -0.273 e. The highest BCUT2D eigenvalue weighted by Gasteiger charge is 2.32. The Balaban J connectivity index is 2.07. The van der Waals surface area contributed by atoms with Crippen LogP contribution in [-0.2, 0) is 27.7 Å². The molecule has 4 nitrogen and oxygen atoms in total. The van der Waals surface area contributed by atoms with E-state index in [4.69, 9.17) is 0 Å². The van der Waals surface area contributed by atoms with E-state index in [1.807, 2.05) is 24.3 Å². The number of amides is 1. The fourth-order valence-electron chi connectivity index (χ4n) is 2.08. The largest absolute Gasteiger partial charge is 0.273 e. The normalized spacial score (nSPS) is 17.9. The molecule has 98 valence electrons. The zero-order valence-corrected chi connectivity index (χ0v) is 11.2. The maximum Gasteiger partial charge on any atom is 0.240 e. The van der Waals surface area contributed by atoms with Gasteiger partial charge in [0, 0.05) is 6.54 Å². The number of hydrogen-bond donors (Lipinski definition) is 0. The summed E-state index contributed by atoms with van der Waals surface area (Å²) >= 11 is 0. The molecule has 1 aromatic carbocycles. The highest BCUT2D eigenvalue weighted by atomic mass is 32.2. The van der Waals surface area contributed by atoms with Crippen molar-refractivity contribution >= 4 is 15.9 Å². The highest BCUT2D eigenvalue weighted by molar-refractivity contribution is 7.89. The van der Waals surface area contributed by atoms with Crippen LogP contribution in [0.25, 0.3) is 0 Å². The Morgan fingerprint density at radius 1 is 1.22 bits per heavy atom. The zero-order chi connectivity index (χ0) is 13.2. The second-order valence-corrected chi connectivity index (χ2v) is 6.50. The number of carbonyl (C=O) groups excluding carboxylic acids is 1. The van der Waals surface area contributed by atoms with E-state index in [0.717, 1.165) is 16.3 Å². The Morgan fingerprint density at radius 3 is 2.33 bits per heavy atom. The minimum atomic E-state index is -3.34. The topological polar surface area (TPSA) is 54.5 Å². The fourth-order valence-corrected chi connectivity index (χ4v) is 3.57. The van der Waals surface area contributed by atoms with Gasteiger partial charge in [-0.2, -0.15) is 0 Å². The van der Waals surface area contributed by atoms with E-state index in [2.05, 4.69) is 6.92 Å². The number of carbonyl (C=O) groups is 1. The molecule has 0 N–H and O–H groups in total. The first-order valence-corrected chi connectivity index (χ1v) is 7.75. The number of hydrogen-bond acceptors (Lipinski definition) is 3. The van der Waals surface area contributed by atoms with E-state index in [0.29, 0.717) is 13.0 Å². The molecule has 2 rings (SSSR count). The third-order valence-electron chi connectivity index (χ3n) is 3.16. The van der Waals surface area contributed by atoms with Crippen LogP contribution in [0.4, 0.5) is 0 Å².